The van der Waals surface area contributed by atoms with E-state index in [0.717, 1.165) is 35.7 Å². The first-order chi connectivity index (χ1) is 8.65. The summed E-state index contributed by atoms with van der Waals surface area (Å²) >= 11 is 0. The molecule has 1 aromatic heterocycles. The third-order valence-corrected chi connectivity index (χ3v) is 3.52. The Labute approximate surface area is 106 Å². The summed E-state index contributed by atoms with van der Waals surface area (Å²) < 4.78 is 7.35. The molecule has 0 radical (unpaired) electrons. The molecule has 2 N–H and O–H groups in total. The molecule has 2 aromatic rings. The molecule has 4 heteroatoms. The molecule has 2 heterocycles. The molecule has 3 rings (SSSR count). The van der Waals surface area contributed by atoms with Crippen LogP contribution in [-0.2, 0) is 13.5 Å². The Hall–Kier alpha value is -1.81. The molecule has 0 aliphatic carbocycles. The minimum Gasteiger partial charge on any atom is -0.493 e. The average molecular weight is 243 g/mol. The summed E-state index contributed by atoms with van der Waals surface area (Å²) in [6, 6.07) is 8.04. The lowest BCUT2D eigenvalue weighted by molar-refractivity contribution is 0.357. The summed E-state index contributed by atoms with van der Waals surface area (Å²) in [7, 11) is 1.93. The van der Waals surface area contributed by atoms with Gasteiger partial charge in [-0.1, -0.05) is 12.1 Å². The summed E-state index contributed by atoms with van der Waals surface area (Å²) in [6.07, 6.45) is 0.969. The molecule has 0 fully saturated rings. The smallest absolute Gasteiger partial charge is 0.122 e. The van der Waals surface area contributed by atoms with E-state index in [9.17, 15) is 0 Å². The number of hydrogen-bond donors (Lipinski definition) is 1. The van der Waals surface area contributed by atoms with Gasteiger partial charge in [-0.25, -0.2) is 0 Å². The minimum absolute atomic E-state index is 0.171. The number of hydrogen-bond acceptors (Lipinski definition) is 3. The second-order valence-corrected chi connectivity index (χ2v) is 4.78. The second kappa shape index (κ2) is 4.14. The van der Waals surface area contributed by atoms with Crippen molar-refractivity contribution in [3.63, 3.8) is 0 Å². The molecular weight excluding hydrogens is 226 g/mol. The third-order valence-electron chi connectivity index (χ3n) is 3.52. The molecule has 18 heavy (non-hydrogen) atoms. The molecule has 94 valence electrons. The van der Waals surface area contributed by atoms with Gasteiger partial charge in [-0.05, 0) is 30.2 Å². The number of nitrogens with two attached hydrogens (primary N) is 1. The van der Waals surface area contributed by atoms with Crippen molar-refractivity contribution in [1.82, 2.24) is 9.78 Å². The molecule has 1 atom stereocenters. The van der Waals surface area contributed by atoms with Crippen molar-refractivity contribution < 1.29 is 4.74 Å². The van der Waals surface area contributed by atoms with Gasteiger partial charge in [0, 0.05) is 19.2 Å². The standard InChI is InChI=1S/C14H17N3O/c1-9-7-12(16-17(9)2)14(15)11-3-4-13-10(8-11)5-6-18-13/h3-4,7-8,14H,5-6,15H2,1-2H3. The largest absolute Gasteiger partial charge is 0.493 e. The molecule has 1 unspecified atom stereocenters. The van der Waals surface area contributed by atoms with E-state index in [0.29, 0.717) is 0 Å². The van der Waals surface area contributed by atoms with Crippen LogP contribution in [0, 0.1) is 6.92 Å². The van der Waals surface area contributed by atoms with Gasteiger partial charge < -0.3 is 10.5 Å². The van der Waals surface area contributed by atoms with E-state index in [4.69, 9.17) is 10.5 Å². The number of ether oxygens (including phenoxy) is 1. The van der Waals surface area contributed by atoms with E-state index in [1.807, 2.05) is 36.9 Å². The lowest BCUT2D eigenvalue weighted by Crippen LogP contribution is -2.13. The maximum absolute atomic E-state index is 6.28. The van der Waals surface area contributed by atoms with Gasteiger partial charge in [0.15, 0.2) is 0 Å². The minimum atomic E-state index is -0.171. The highest BCUT2D eigenvalue weighted by atomic mass is 16.5. The summed E-state index contributed by atoms with van der Waals surface area (Å²) in [6.45, 7) is 2.80. The first-order valence-corrected chi connectivity index (χ1v) is 6.17. The number of fused-ring (bicyclic) bond motifs is 1. The molecule has 0 saturated carbocycles. The van der Waals surface area contributed by atoms with Gasteiger partial charge in [-0.3, -0.25) is 4.68 Å². The Bertz CT molecular complexity index is 569. The van der Waals surface area contributed by atoms with Crippen molar-refractivity contribution in [2.75, 3.05) is 6.61 Å². The van der Waals surface area contributed by atoms with Gasteiger partial charge in [-0.2, -0.15) is 5.10 Å². The predicted molar refractivity (Wildman–Crippen MR) is 69.6 cm³/mol. The van der Waals surface area contributed by atoms with Crippen LogP contribution in [0.15, 0.2) is 24.3 Å². The van der Waals surface area contributed by atoms with E-state index in [2.05, 4.69) is 11.2 Å². The van der Waals surface area contributed by atoms with Crippen LogP contribution in [0.25, 0.3) is 0 Å². The van der Waals surface area contributed by atoms with Gasteiger partial charge in [0.25, 0.3) is 0 Å². The van der Waals surface area contributed by atoms with Crippen LogP contribution in [0.5, 0.6) is 5.75 Å². The molecule has 1 aliphatic heterocycles. The highest BCUT2D eigenvalue weighted by Gasteiger charge is 2.17. The number of aromatic nitrogens is 2. The van der Waals surface area contributed by atoms with Gasteiger partial charge in [-0.15, -0.1) is 0 Å². The molecule has 0 saturated heterocycles. The monoisotopic (exact) mass is 243 g/mol. The Balaban J connectivity index is 1.94. The Morgan fingerprint density at radius 1 is 1.39 bits per heavy atom. The molecule has 1 aromatic carbocycles. The topological polar surface area (TPSA) is 53.1 Å². The fourth-order valence-electron chi connectivity index (χ4n) is 2.31. The Kier molecular flexibility index (Phi) is 2.59. The molecule has 1 aliphatic rings. The second-order valence-electron chi connectivity index (χ2n) is 4.78. The van der Waals surface area contributed by atoms with E-state index < -0.39 is 0 Å². The van der Waals surface area contributed by atoms with Crippen molar-refractivity contribution in [3.05, 3.63) is 46.8 Å². The number of nitrogens with zero attached hydrogens (tertiary/aromatic N) is 2. The van der Waals surface area contributed by atoms with Gasteiger partial charge in [0.1, 0.15) is 5.75 Å². The highest BCUT2D eigenvalue weighted by Crippen LogP contribution is 2.29. The van der Waals surface area contributed by atoms with E-state index in [-0.39, 0.29) is 6.04 Å². The maximum atomic E-state index is 6.28. The molecule has 0 bridgehead atoms. The highest BCUT2D eigenvalue weighted by molar-refractivity contribution is 5.42. The van der Waals surface area contributed by atoms with Crippen molar-refractivity contribution >= 4 is 0 Å². The molecule has 0 amide bonds. The lowest BCUT2D eigenvalue weighted by Gasteiger charge is -2.10. The van der Waals surface area contributed by atoms with Crippen LogP contribution in [0.1, 0.15) is 28.6 Å². The molecular formula is C14H17N3O. The van der Waals surface area contributed by atoms with E-state index >= 15 is 0 Å². The zero-order chi connectivity index (χ0) is 12.7. The van der Waals surface area contributed by atoms with Gasteiger partial charge >= 0.3 is 0 Å². The summed E-state index contributed by atoms with van der Waals surface area (Å²) in [5, 5.41) is 4.44. The van der Waals surface area contributed by atoms with Crippen molar-refractivity contribution in [2.24, 2.45) is 12.8 Å². The fraction of sp³-hybridized carbons (Fsp3) is 0.357. The van der Waals surface area contributed by atoms with Crippen LogP contribution < -0.4 is 10.5 Å². The third kappa shape index (κ3) is 1.78. The average Bonchev–Trinajstić information content (AvgIpc) is 2.95. The molecule has 0 spiro atoms. The lowest BCUT2D eigenvalue weighted by atomic mass is 10.0. The maximum Gasteiger partial charge on any atom is 0.122 e. The SMILES string of the molecule is Cc1cc(C(N)c2ccc3c(c2)CCO3)nn1C. The van der Waals surface area contributed by atoms with Crippen LogP contribution >= 0.6 is 0 Å². The number of aryl methyl sites for hydroxylation is 2. The zero-order valence-electron chi connectivity index (χ0n) is 10.7. The molecule has 4 nitrogen and oxygen atoms in total. The zero-order valence-corrected chi connectivity index (χ0v) is 10.7. The Morgan fingerprint density at radius 2 is 2.22 bits per heavy atom. The summed E-state index contributed by atoms with van der Waals surface area (Å²) in [5.41, 5.74) is 10.6. The van der Waals surface area contributed by atoms with Crippen molar-refractivity contribution in [1.29, 1.82) is 0 Å². The normalized spacial score (nSPS) is 15.3. The van der Waals surface area contributed by atoms with E-state index in [1.54, 1.807) is 0 Å². The predicted octanol–water partition coefficient (Wildman–Crippen LogP) is 1.71. The fourth-order valence-corrected chi connectivity index (χ4v) is 2.31. The first kappa shape index (κ1) is 11.3. The van der Waals surface area contributed by atoms with Gasteiger partial charge in [0.2, 0.25) is 0 Å². The summed E-state index contributed by atoms with van der Waals surface area (Å²) in [5.74, 6) is 0.989. The van der Waals surface area contributed by atoms with Crippen LogP contribution in [-0.4, -0.2) is 16.4 Å². The quantitative estimate of drug-likeness (QED) is 0.873. The summed E-state index contributed by atoms with van der Waals surface area (Å²) in [4.78, 5) is 0. The van der Waals surface area contributed by atoms with E-state index in [1.165, 1.54) is 5.56 Å². The van der Waals surface area contributed by atoms with Gasteiger partial charge in [0.05, 0.1) is 18.3 Å². The first-order valence-electron chi connectivity index (χ1n) is 6.17. The van der Waals surface area contributed by atoms with Crippen LogP contribution in [0.4, 0.5) is 0 Å². The van der Waals surface area contributed by atoms with Crippen LogP contribution in [0.3, 0.4) is 0 Å². The number of benzene rings is 1. The van der Waals surface area contributed by atoms with Crippen molar-refractivity contribution in [3.8, 4) is 5.75 Å². The van der Waals surface area contributed by atoms with Crippen LogP contribution in [0.2, 0.25) is 0 Å². The van der Waals surface area contributed by atoms with Crippen molar-refractivity contribution in [2.45, 2.75) is 19.4 Å². The Morgan fingerprint density at radius 3 is 2.94 bits per heavy atom. The number of rotatable bonds is 2.